The van der Waals surface area contributed by atoms with Gasteiger partial charge in [-0.25, -0.2) is 0 Å². The molecule has 2 aromatic rings. The van der Waals surface area contributed by atoms with Crippen molar-refractivity contribution >= 4 is 10.9 Å². The van der Waals surface area contributed by atoms with Crippen LogP contribution in [0.5, 0.6) is 0 Å². The molecule has 1 aromatic heterocycles. The van der Waals surface area contributed by atoms with Crippen molar-refractivity contribution in [2.75, 3.05) is 0 Å². The minimum absolute atomic E-state index is 0.502. The molecule has 2 nitrogen and oxygen atoms in total. The van der Waals surface area contributed by atoms with E-state index in [-0.39, 0.29) is 0 Å². The summed E-state index contributed by atoms with van der Waals surface area (Å²) in [4.78, 5) is 4.64. The van der Waals surface area contributed by atoms with Gasteiger partial charge < -0.3 is 5.32 Å². The highest BCUT2D eigenvalue weighted by molar-refractivity contribution is 5.83. The summed E-state index contributed by atoms with van der Waals surface area (Å²) in [5, 5.41) is 4.76. The van der Waals surface area contributed by atoms with Crippen LogP contribution in [0.25, 0.3) is 10.9 Å². The molecule has 0 spiro atoms. The van der Waals surface area contributed by atoms with Gasteiger partial charge in [0.1, 0.15) is 0 Å². The minimum atomic E-state index is 0.502. The number of nitrogens with one attached hydrogen (secondary N) is 1. The molecule has 0 atom stereocenters. The van der Waals surface area contributed by atoms with Gasteiger partial charge in [-0.1, -0.05) is 32.0 Å². The zero-order chi connectivity index (χ0) is 12.4. The predicted octanol–water partition coefficient (Wildman–Crippen LogP) is 3.35. The predicted molar refractivity (Wildman–Crippen MR) is 73.2 cm³/mol. The summed E-state index contributed by atoms with van der Waals surface area (Å²) >= 11 is 0. The van der Waals surface area contributed by atoms with Crippen molar-refractivity contribution < 1.29 is 0 Å². The standard InChI is InChI=1S/C15H20N2/c1-10(2)16-9-14-11(3)12(4)17-15-8-6-5-7-13(14)15/h5-8,10,16H,9H2,1-4H3. The van der Waals surface area contributed by atoms with Gasteiger partial charge in [0.2, 0.25) is 0 Å². The Hall–Kier alpha value is -1.41. The molecule has 0 fully saturated rings. The van der Waals surface area contributed by atoms with Crippen molar-refractivity contribution in [2.45, 2.75) is 40.3 Å². The summed E-state index contributed by atoms with van der Waals surface area (Å²) in [5.41, 5.74) is 4.90. The van der Waals surface area contributed by atoms with E-state index in [0.29, 0.717) is 6.04 Å². The highest BCUT2D eigenvalue weighted by atomic mass is 14.9. The fourth-order valence-electron chi connectivity index (χ4n) is 2.05. The topological polar surface area (TPSA) is 24.9 Å². The number of hydrogen-bond donors (Lipinski definition) is 1. The number of benzene rings is 1. The molecule has 90 valence electrons. The van der Waals surface area contributed by atoms with E-state index in [1.807, 2.05) is 6.07 Å². The Morgan fingerprint density at radius 3 is 2.59 bits per heavy atom. The molecule has 0 aliphatic heterocycles. The lowest BCUT2D eigenvalue weighted by Crippen LogP contribution is -2.22. The van der Waals surface area contributed by atoms with E-state index in [9.17, 15) is 0 Å². The largest absolute Gasteiger partial charge is 0.310 e. The Morgan fingerprint density at radius 2 is 1.88 bits per heavy atom. The molecule has 0 bridgehead atoms. The maximum Gasteiger partial charge on any atom is 0.0708 e. The lowest BCUT2D eigenvalue weighted by molar-refractivity contribution is 0.589. The third kappa shape index (κ3) is 2.47. The van der Waals surface area contributed by atoms with Gasteiger partial charge in [0.05, 0.1) is 5.52 Å². The van der Waals surface area contributed by atoms with E-state index in [4.69, 9.17) is 0 Å². The first-order valence-electron chi connectivity index (χ1n) is 6.18. The van der Waals surface area contributed by atoms with E-state index < -0.39 is 0 Å². The van der Waals surface area contributed by atoms with Gasteiger partial charge in [-0.15, -0.1) is 0 Å². The molecule has 1 heterocycles. The molecule has 0 aliphatic carbocycles. The molecule has 0 saturated heterocycles. The summed E-state index contributed by atoms with van der Waals surface area (Å²) in [6.07, 6.45) is 0. The van der Waals surface area contributed by atoms with Gasteiger partial charge in [-0.05, 0) is 31.0 Å². The summed E-state index contributed by atoms with van der Waals surface area (Å²) < 4.78 is 0. The Kier molecular flexibility index (Phi) is 3.43. The van der Waals surface area contributed by atoms with Crippen LogP contribution in [-0.2, 0) is 6.54 Å². The SMILES string of the molecule is Cc1nc2ccccc2c(CNC(C)C)c1C. The zero-order valence-electron chi connectivity index (χ0n) is 11.0. The number of para-hydroxylation sites is 1. The van der Waals surface area contributed by atoms with Crippen LogP contribution < -0.4 is 5.32 Å². The number of rotatable bonds is 3. The van der Waals surface area contributed by atoms with Gasteiger partial charge in [0.15, 0.2) is 0 Å². The Bertz CT molecular complexity index is 530. The summed E-state index contributed by atoms with van der Waals surface area (Å²) in [6.45, 7) is 9.50. The van der Waals surface area contributed by atoms with Crippen LogP contribution in [0.1, 0.15) is 30.7 Å². The fourth-order valence-corrected chi connectivity index (χ4v) is 2.05. The molecule has 1 aromatic carbocycles. The fraction of sp³-hybridized carbons (Fsp3) is 0.400. The van der Waals surface area contributed by atoms with Crippen LogP contribution in [0, 0.1) is 13.8 Å². The quantitative estimate of drug-likeness (QED) is 0.871. The molecule has 0 aliphatic rings. The summed E-state index contributed by atoms with van der Waals surface area (Å²) in [7, 11) is 0. The van der Waals surface area contributed by atoms with Crippen LogP contribution in [-0.4, -0.2) is 11.0 Å². The lowest BCUT2D eigenvalue weighted by atomic mass is 10.0. The first-order chi connectivity index (χ1) is 8.09. The highest BCUT2D eigenvalue weighted by Crippen LogP contribution is 2.22. The number of aryl methyl sites for hydroxylation is 1. The molecule has 0 saturated carbocycles. The minimum Gasteiger partial charge on any atom is -0.310 e. The van der Waals surface area contributed by atoms with Crippen molar-refractivity contribution in [3.05, 3.63) is 41.1 Å². The maximum atomic E-state index is 4.64. The maximum absolute atomic E-state index is 4.64. The molecule has 1 N–H and O–H groups in total. The van der Waals surface area contributed by atoms with E-state index in [1.54, 1.807) is 0 Å². The summed E-state index contributed by atoms with van der Waals surface area (Å²) in [6, 6.07) is 8.87. The van der Waals surface area contributed by atoms with Crippen LogP contribution in [0.4, 0.5) is 0 Å². The third-order valence-electron chi connectivity index (χ3n) is 3.20. The Morgan fingerprint density at radius 1 is 1.18 bits per heavy atom. The first-order valence-corrected chi connectivity index (χ1v) is 6.18. The molecular weight excluding hydrogens is 208 g/mol. The second kappa shape index (κ2) is 4.84. The number of fused-ring (bicyclic) bond motifs is 1. The number of pyridine rings is 1. The smallest absolute Gasteiger partial charge is 0.0708 e. The molecule has 17 heavy (non-hydrogen) atoms. The molecule has 0 unspecified atom stereocenters. The van der Waals surface area contributed by atoms with Gasteiger partial charge in [-0.3, -0.25) is 4.98 Å². The van der Waals surface area contributed by atoms with Crippen LogP contribution in [0.2, 0.25) is 0 Å². The van der Waals surface area contributed by atoms with Gasteiger partial charge in [0, 0.05) is 23.7 Å². The van der Waals surface area contributed by atoms with E-state index in [0.717, 1.165) is 17.8 Å². The molecular formula is C15H20N2. The van der Waals surface area contributed by atoms with Crippen molar-refractivity contribution in [1.82, 2.24) is 10.3 Å². The average Bonchev–Trinajstić information content (AvgIpc) is 2.29. The number of aromatic nitrogens is 1. The third-order valence-corrected chi connectivity index (χ3v) is 3.20. The second-order valence-corrected chi connectivity index (χ2v) is 4.85. The molecule has 2 rings (SSSR count). The van der Waals surface area contributed by atoms with E-state index in [1.165, 1.54) is 16.5 Å². The van der Waals surface area contributed by atoms with Gasteiger partial charge in [0.25, 0.3) is 0 Å². The van der Waals surface area contributed by atoms with Gasteiger partial charge in [-0.2, -0.15) is 0 Å². The van der Waals surface area contributed by atoms with E-state index in [2.05, 4.69) is 56.2 Å². The van der Waals surface area contributed by atoms with Crippen molar-refractivity contribution in [3.8, 4) is 0 Å². The van der Waals surface area contributed by atoms with Crippen molar-refractivity contribution in [3.63, 3.8) is 0 Å². The van der Waals surface area contributed by atoms with E-state index >= 15 is 0 Å². The Labute approximate surface area is 103 Å². The average molecular weight is 228 g/mol. The highest BCUT2D eigenvalue weighted by Gasteiger charge is 2.08. The lowest BCUT2D eigenvalue weighted by Gasteiger charge is -2.14. The van der Waals surface area contributed by atoms with Crippen LogP contribution >= 0.6 is 0 Å². The number of nitrogens with zero attached hydrogens (tertiary/aromatic N) is 1. The monoisotopic (exact) mass is 228 g/mol. The van der Waals surface area contributed by atoms with Crippen molar-refractivity contribution in [2.24, 2.45) is 0 Å². The van der Waals surface area contributed by atoms with Crippen LogP contribution in [0.15, 0.2) is 24.3 Å². The normalized spacial score (nSPS) is 11.4. The summed E-state index contributed by atoms with van der Waals surface area (Å²) in [5.74, 6) is 0. The molecule has 0 radical (unpaired) electrons. The Balaban J connectivity index is 2.53. The zero-order valence-corrected chi connectivity index (χ0v) is 11.0. The first kappa shape index (κ1) is 12.1. The van der Waals surface area contributed by atoms with Gasteiger partial charge >= 0.3 is 0 Å². The second-order valence-electron chi connectivity index (χ2n) is 4.85. The molecule has 0 amide bonds. The molecule has 2 heteroatoms. The number of hydrogen-bond acceptors (Lipinski definition) is 2. The van der Waals surface area contributed by atoms with Crippen molar-refractivity contribution in [1.29, 1.82) is 0 Å². The van der Waals surface area contributed by atoms with Crippen LogP contribution in [0.3, 0.4) is 0 Å².